The molecule has 0 atom stereocenters. The molecule has 2 aromatic rings. The second-order valence-corrected chi connectivity index (χ2v) is 8.62. The standard InChI is InChI=1S/C23H29N3O3S/c1-26(19-7-3-2-4-8-19)23(29)17-11-13-18(14-12-17)25-21(27)10-5-15-24-22(28)20-9-6-16-30-20/h6,9,11-14,16,19H,2-5,7-8,10,15H2,1H3,(H,24,28)(H,25,27). The molecule has 7 heteroatoms. The summed E-state index contributed by atoms with van der Waals surface area (Å²) in [4.78, 5) is 39.2. The van der Waals surface area contributed by atoms with Crippen LogP contribution in [0.15, 0.2) is 41.8 Å². The Bertz CT molecular complexity index is 843. The normalized spacial score (nSPS) is 14.2. The van der Waals surface area contributed by atoms with Crippen molar-refractivity contribution < 1.29 is 14.4 Å². The zero-order valence-electron chi connectivity index (χ0n) is 17.4. The molecule has 0 spiro atoms. The highest BCUT2D eigenvalue weighted by atomic mass is 32.1. The highest BCUT2D eigenvalue weighted by Crippen LogP contribution is 2.23. The van der Waals surface area contributed by atoms with Gasteiger partial charge in [-0.2, -0.15) is 0 Å². The number of amides is 3. The van der Waals surface area contributed by atoms with Crippen LogP contribution < -0.4 is 10.6 Å². The van der Waals surface area contributed by atoms with Gasteiger partial charge in [0.2, 0.25) is 5.91 Å². The van der Waals surface area contributed by atoms with Gasteiger partial charge in [0.15, 0.2) is 0 Å². The monoisotopic (exact) mass is 427 g/mol. The van der Waals surface area contributed by atoms with Gasteiger partial charge in [0.25, 0.3) is 11.8 Å². The molecular formula is C23H29N3O3S. The van der Waals surface area contributed by atoms with Crippen LogP contribution >= 0.6 is 11.3 Å². The molecule has 1 aliphatic rings. The van der Waals surface area contributed by atoms with Crippen LogP contribution in [0.5, 0.6) is 0 Å². The fraction of sp³-hybridized carbons (Fsp3) is 0.435. The Morgan fingerprint density at radius 1 is 1.07 bits per heavy atom. The Hall–Kier alpha value is -2.67. The summed E-state index contributed by atoms with van der Waals surface area (Å²) >= 11 is 1.39. The van der Waals surface area contributed by atoms with Gasteiger partial charge in [-0.1, -0.05) is 25.3 Å². The summed E-state index contributed by atoms with van der Waals surface area (Å²) in [5.74, 6) is -0.191. The van der Waals surface area contributed by atoms with E-state index in [-0.39, 0.29) is 17.7 Å². The maximum Gasteiger partial charge on any atom is 0.261 e. The van der Waals surface area contributed by atoms with Crippen LogP contribution in [0.25, 0.3) is 0 Å². The number of thiophene rings is 1. The molecule has 1 aliphatic carbocycles. The minimum absolute atomic E-state index is 0.0289. The number of carbonyl (C=O) groups is 3. The van der Waals surface area contributed by atoms with Crippen LogP contribution in [0.3, 0.4) is 0 Å². The predicted molar refractivity (Wildman–Crippen MR) is 120 cm³/mol. The van der Waals surface area contributed by atoms with Crippen molar-refractivity contribution in [3.8, 4) is 0 Å². The van der Waals surface area contributed by atoms with Gasteiger partial charge in [-0.15, -0.1) is 11.3 Å². The Kier molecular flexibility index (Phi) is 8.02. The van der Waals surface area contributed by atoms with Crippen molar-refractivity contribution in [2.45, 2.75) is 51.0 Å². The van der Waals surface area contributed by atoms with Crippen molar-refractivity contribution in [2.24, 2.45) is 0 Å². The Balaban J connectivity index is 1.40. The smallest absolute Gasteiger partial charge is 0.261 e. The van der Waals surface area contributed by atoms with E-state index in [9.17, 15) is 14.4 Å². The molecule has 160 valence electrons. The Morgan fingerprint density at radius 2 is 1.80 bits per heavy atom. The Morgan fingerprint density at radius 3 is 2.47 bits per heavy atom. The van der Waals surface area contributed by atoms with Crippen molar-refractivity contribution in [2.75, 3.05) is 18.9 Å². The molecule has 1 saturated carbocycles. The van der Waals surface area contributed by atoms with Crippen molar-refractivity contribution in [1.82, 2.24) is 10.2 Å². The van der Waals surface area contributed by atoms with Crippen molar-refractivity contribution in [3.05, 3.63) is 52.2 Å². The summed E-state index contributed by atoms with van der Waals surface area (Å²) in [6.07, 6.45) is 6.65. The molecule has 1 fully saturated rings. The van der Waals surface area contributed by atoms with Crippen molar-refractivity contribution in [3.63, 3.8) is 0 Å². The maximum atomic E-state index is 12.7. The maximum absolute atomic E-state index is 12.7. The Labute approximate surface area is 181 Å². The minimum atomic E-state index is -0.112. The van der Waals surface area contributed by atoms with Gasteiger partial charge in [-0.3, -0.25) is 14.4 Å². The molecule has 2 N–H and O–H groups in total. The number of nitrogens with zero attached hydrogens (tertiary/aromatic N) is 1. The second-order valence-electron chi connectivity index (χ2n) is 7.67. The molecule has 0 saturated heterocycles. The van der Waals surface area contributed by atoms with Crippen LogP contribution in [0.2, 0.25) is 0 Å². The van der Waals surface area contributed by atoms with Crippen LogP contribution in [0, 0.1) is 0 Å². The van der Waals surface area contributed by atoms with Crippen molar-refractivity contribution >= 4 is 34.7 Å². The summed E-state index contributed by atoms with van der Waals surface area (Å²) in [6.45, 7) is 0.449. The molecule has 6 nitrogen and oxygen atoms in total. The number of hydrogen-bond acceptors (Lipinski definition) is 4. The fourth-order valence-electron chi connectivity index (χ4n) is 3.70. The van der Waals surface area contributed by atoms with Gasteiger partial charge in [0.05, 0.1) is 4.88 Å². The lowest BCUT2D eigenvalue weighted by Crippen LogP contribution is -2.38. The summed E-state index contributed by atoms with van der Waals surface area (Å²) in [5.41, 5.74) is 1.30. The van der Waals surface area contributed by atoms with E-state index in [1.54, 1.807) is 30.3 Å². The number of anilines is 1. The van der Waals surface area contributed by atoms with Crippen molar-refractivity contribution in [1.29, 1.82) is 0 Å². The molecule has 0 aliphatic heterocycles. The first kappa shape index (κ1) is 22.0. The average Bonchev–Trinajstić information content (AvgIpc) is 3.32. The van der Waals surface area contributed by atoms with Gasteiger partial charge in [0, 0.05) is 37.3 Å². The second kappa shape index (κ2) is 10.9. The largest absolute Gasteiger partial charge is 0.351 e. The topological polar surface area (TPSA) is 78.5 Å². The lowest BCUT2D eigenvalue weighted by molar-refractivity contribution is -0.116. The molecule has 1 heterocycles. The molecule has 1 aromatic carbocycles. The minimum Gasteiger partial charge on any atom is -0.351 e. The number of rotatable bonds is 8. The predicted octanol–water partition coefficient (Wildman–Crippen LogP) is 4.30. The van der Waals surface area contributed by atoms with Crippen LogP contribution in [-0.2, 0) is 4.79 Å². The van der Waals surface area contributed by atoms with Gasteiger partial charge < -0.3 is 15.5 Å². The summed E-state index contributed by atoms with van der Waals surface area (Å²) in [7, 11) is 1.88. The zero-order chi connectivity index (χ0) is 21.3. The molecule has 0 radical (unpaired) electrons. The third-order valence-electron chi connectivity index (χ3n) is 5.47. The first-order valence-electron chi connectivity index (χ1n) is 10.5. The third-order valence-corrected chi connectivity index (χ3v) is 6.34. The number of hydrogen-bond donors (Lipinski definition) is 2. The van der Waals surface area contributed by atoms with Gasteiger partial charge >= 0.3 is 0 Å². The van der Waals surface area contributed by atoms with Gasteiger partial charge in [-0.05, 0) is 55.0 Å². The number of nitrogens with one attached hydrogen (secondary N) is 2. The first-order chi connectivity index (χ1) is 14.5. The molecule has 0 unspecified atom stereocenters. The SMILES string of the molecule is CN(C(=O)c1ccc(NC(=O)CCCNC(=O)c2cccs2)cc1)C1CCCCC1. The molecule has 30 heavy (non-hydrogen) atoms. The highest BCUT2D eigenvalue weighted by Gasteiger charge is 2.22. The molecule has 0 bridgehead atoms. The number of carbonyl (C=O) groups excluding carboxylic acids is 3. The number of benzene rings is 1. The van der Waals surface area contributed by atoms with Gasteiger partial charge in [0.1, 0.15) is 0 Å². The highest BCUT2D eigenvalue weighted by molar-refractivity contribution is 7.12. The van der Waals surface area contributed by atoms with Crippen LogP contribution in [0.4, 0.5) is 5.69 Å². The molecule has 3 rings (SSSR count). The summed E-state index contributed by atoms with van der Waals surface area (Å²) in [6, 6.07) is 11.0. The molecular weight excluding hydrogens is 398 g/mol. The van der Waals surface area contributed by atoms with E-state index < -0.39 is 0 Å². The van der Waals surface area contributed by atoms with E-state index in [4.69, 9.17) is 0 Å². The lowest BCUT2D eigenvalue weighted by atomic mass is 9.94. The van der Waals surface area contributed by atoms with E-state index in [1.165, 1.54) is 30.6 Å². The van der Waals surface area contributed by atoms with Gasteiger partial charge in [-0.25, -0.2) is 0 Å². The summed E-state index contributed by atoms with van der Waals surface area (Å²) < 4.78 is 0. The molecule has 1 aromatic heterocycles. The van der Waals surface area contributed by atoms with E-state index in [0.717, 1.165) is 12.8 Å². The van der Waals surface area contributed by atoms with Crippen LogP contribution in [0.1, 0.15) is 65.0 Å². The average molecular weight is 428 g/mol. The van der Waals surface area contributed by atoms with E-state index >= 15 is 0 Å². The van der Waals surface area contributed by atoms with Crippen LogP contribution in [-0.4, -0.2) is 42.3 Å². The fourth-order valence-corrected chi connectivity index (χ4v) is 4.34. The lowest BCUT2D eigenvalue weighted by Gasteiger charge is -2.31. The first-order valence-corrected chi connectivity index (χ1v) is 11.4. The molecule has 3 amide bonds. The van der Waals surface area contributed by atoms with E-state index in [2.05, 4.69) is 10.6 Å². The quantitative estimate of drug-likeness (QED) is 0.617. The zero-order valence-corrected chi connectivity index (χ0v) is 18.2. The third kappa shape index (κ3) is 6.16. The van der Waals surface area contributed by atoms with E-state index in [1.807, 2.05) is 23.4 Å². The van der Waals surface area contributed by atoms with E-state index in [0.29, 0.717) is 41.6 Å². The summed E-state index contributed by atoms with van der Waals surface area (Å²) in [5, 5.41) is 7.51.